The van der Waals surface area contributed by atoms with E-state index in [1.807, 2.05) is 54.4 Å². The Kier molecular flexibility index (Phi) is 4.04. The van der Waals surface area contributed by atoms with E-state index in [0.29, 0.717) is 17.3 Å². The third-order valence-corrected chi connectivity index (χ3v) is 4.85. The van der Waals surface area contributed by atoms with Crippen LogP contribution in [0.3, 0.4) is 0 Å². The lowest BCUT2D eigenvalue weighted by Crippen LogP contribution is -2.50. The molecule has 1 heterocycles. The highest BCUT2D eigenvalue weighted by atomic mass is 35.5. The molecule has 23 heavy (non-hydrogen) atoms. The molecule has 0 fully saturated rings. The van der Waals surface area contributed by atoms with Crippen LogP contribution in [0.5, 0.6) is 0 Å². The maximum atomic E-state index is 11.7. The van der Waals surface area contributed by atoms with Crippen LogP contribution in [0.1, 0.15) is 18.1 Å². The Morgan fingerprint density at radius 2 is 1.96 bits per heavy atom. The molecule has 120 valence electrons. The molecule has 2 aromatic rings. The second-order valence-corrected chi connectivity index (χ2v) is 6.40. The summed E-state index contributed by atoms with van der Waals surface area (Å²) in [5, 5.41) is 24.9. The standard InChI is InChI=1S/C18H19ClN2O2/c1-12(20-23)16-11-21(2)17-9-8-14(19)10-15(17)18(16,22)13-6-4-3-5-7-13/h3-10,16,22-23H,11H2,1-2H3/b20-12+. The molecule has 1 aliphatic rings. The number of rotatable bonds is 2. The number of anilines is 1. The van der Waals surface area contributed by atoms with Gasteiger partial charge in [-0.15, -0.1) is 0 Å². The second kappa shape index (κ2) is 5.87. The Morgan fingerprint density at radius 1 is 1.26 bits per heavy atom. The van der Waals surface area contributed by atoms with E-state index in [0.717, 1.165) is 16.8 Å². The van der Waals surface area contributed by atoms with Gasteiger partial charge in [-0.3, -0.25) is 0 Å². The van der Waals surface area contributed by atoms with E-state index >= 15 is 0 Å². The molecule has 0 radical (unpaired) electrons. The lowest BCUT2D eigenvalue weighted by molar-refractivity contribution is 0.0408. The SMILES string of the molecule is C/C(=N\O)C1CN(C)c2ccc(Cl)cc2C1(O)c1ccccc1. The first-order chi connectivity index (χ1) is 11.0. The largest absolute Gasteiger partial charge is 0.411 e. The van der Waals surface area contributed by atoms with Crippen LogP contribution in [0.4, 0.5) is 5.69 Å². The summed E-state index contributed by atoms with van der Waals surface area (Å²) >= 11 is 6.19. The van der Waals surface area contributed by atoms with Crippen molar-refractivity contribution >= 4 is 23.0 Å². The van der Waals surface area contributed by atoms with Gasteiger partial charge in [0, 0.05) is 29.9 Å². The van der Waals surface area contributed by atoms with Gasteiger partial charge in [-0.25, -0.2) is 0 Å². The van der Waals surface area contributed by atoms with Crippen LogP contribution >= 0.6 is 11.6 Å². The monoisotopic (exact) mass is 330 g/mol. The Hall–Kier alpha value is -2.04. The minimum absolute atomic E-state index is 0.383. The Morgan fingerprint density at radius 3 is 2.61 bits per heavy atom. The van der Waals surface area contributed by atoms with E-state index in [2.05, 4.69) is 5.16 Å². The van der Waals surface area contributed by atoms with Crippen LogP contribution in [0.15, 0.2) is 53.7 Å². The smallest absolute Gasteiger partial charge is 0.126 e. The van der Waals surface area contributed by atoms with E-state index in [1.54, 1.807) is 13.0 Å². The lowest BCUT2D eigenvalue weighted by atomic mass is 9.71. The summed E-state index contributed by atoms with van der Waals surface area (Å²) in [7, 11) is 1.95. The molecule has 0 saturated heterocycles. The van der Waals surface area contributed by atoms with Gasteiger partial charge in [0.2, 0.25) is 0 Å². The third kappa shape index (κ3) is 2.48. The predicted octanol–water partition coefficient (Wildman–Crippen LogP) is 3.49. The molecule has 5 heteroatoms. The first-order valence-electron chi connectivity index (χ1n) is 7.46. The highest BCUT2D eigenvalue weighted by Gasteiger charge is 2.47. The molecule has 1 aliphatic heterocycles. The number of halogens is 1. The van der Waals surface area contributed by atoms with Crippen LogP contribution in [-0.2, 0) is 5.60 Å². The van der Waals surface area contributed by atoms with Crippen molar-refractivity contribution < 1.29 is 10.3 Å². The molecular weight excluding hydrogens is 312 g/mol. The highest BCUT2D eigenvalue weighted by Crippen LogP contribution is 2.46. The minimum Gasteiger partial charge on any atom is -0.411 e. The number of fused-ring (bicyclic) bond motifs is 1. The van der Waals surface area contributed by atoms with Gasteiger partial charge >= 0.3 is 0 Å². The third-order valence-electron chi connectivity index (χ3n) is 4.62. The maximum Gasteiger partial charge on any atom is 0.126 e. The molecule has 4 nitrogen and oxygen atoms in total. The Labute approximate surface area is 140 Å². The van der Waals surface area contributed by atoms with Gasteiger partial charge in [0.25, 0.3) is 0 Å². The first-order valence-corrected chi connectivity index (χ1v) is 7.84. The van der Waals surface area contributed by atoms with E-state index in [9.17, 15) is 10.3 Å². The number of hydrogen-bond donors (Lipinski definition) is 2. The maximum absolute atomic E-state index is 11.7. The molecule has 0 saturated carbocycles. The van der Waals surface area contributed by atoms with Crippen molar-refractivity contribution in [3.8, 4) is 0 Å². The van der Waals surface area contributed by atoms with Gasteiger partial charge in [0.05, 0.1) is 11.6 Å². The quantitative estimate of drug-likeness (QED) is 0.503. The minimum atomic E-state index is -1.30. The molecule has 0 aromatic heterocycles. The fourth-order valence-electron chi connectivity index (χ4n) is 3.39. The van der Waals surface area contributed by atoms with Gasteiger partial charge in [-0.1, -0.05) is 47.1 Å². The van der Waals surface area contributed by atoms with Crippen molar-refractivity contribution in [3.63, 3.8) is 0 Å². The molecule has 0 bridgehead atoms. The Bertz CT molecular complexity index is 748. The number of hydrogen-bond acceptors (Lipinski definition) is 4. The van der Waals surface area contributed by atoms with Crippen molar-refractivity contribution in [2.24, 2.45) is 11.1 Å². The molecule has 0 aliphatic carbocycles. The highest BCUT2D eigenvalue weighted by molar-refractivity contribution is 6.30. The molecule has 0 spiro atoms. The average Bonchev–Trinajstić information content (AvgIpc) is 2.58. The lowest BCUT2D eigenvalue weighted by Gasteiger charge is -2.45. The topological polar surface area (TPSA) is 56.1 Å². The van der Waals surface area contributed by atoms with Gasteiger partial charge in [0.15, 0.2) is 0 Å². The molecule has 2 unspecified atom stereocenters. The van der Waals surface area contributed by atoms with Crippen molar-refractivity contribution in [2.45, 2.75) is 12.5 Å². The van der Waals surface area contributed by atoms with Crippen molar-refractivity contribution in [1.29, 1.82) is 0 Å². The van der Waals surface area contributed by atoms with Gasteiger partial charge in [-0.05, 0) is 30.7 Å². The van der Waals surface area contributed by atoms with Crippen LogP contribution in [0, 0.1) is 5.92 Å². The fourth-order valence-corrected chi connectivity index (χ4v) is 3.56. The summed E-state index contributed by atoms with van der Waals surface area (Å²) in [4.78, 5) is 2.04. The summed E-state index contributed by atoms with van der Waals surface area (Å²) in [5.41, 5.74) is 1.57. The van der Waals surface area contributed by atoms with Crippen LogP contribution in [0.25, 0.3) is 0 Å². The van der Waals surface area contributed by atoms with Crippen LogP contribution in [-0.4, -0.2) is 29.6 Å². The summed E-state index contributed by atoms with van der Waals surface area (Å²) < 4.78 is 0. The number of benzene rings is 2. The van der Waals surface area contributed by atoms with Gasteiger partial charge < -0.3 is 15.2 Å². The molecular formula is C18H19ClN2O2. The van der Waals surface area contributed by atoms with E-state index < -0.39 is 5.60 Å². The zero-order chi connectivity index (χ0) is 16.6. The summed E-state index contributed by atoms with van der Waals surface area (Å²) in [6, 6.07) is 15.0. The summed E-state index contributed by atoms with van der Waals surface area (Å²) in [5.74, 6) is -0.383. The summed E-state index contributed by atoms with van der Waals surface area (Å²) in [6.45, 7) is 2.26. The second-order valence-electron chi connectivity index (χ2n) is 5.97. The van der Waals surface area contributed by atoms with E-state index in [-0.39, 0.29) is 5.92 Å². The normalized spacial score (nSPS) is 24.4. The van der Waals surface area contributed by atoms with Gasteiger partial charge in [-0.2, -0.15) is 0 Å². The molecule has 2 atom stereocenters. The van der Waals surface area contributed by atoms with E-state index in [4.69, 9.17) is 11.6 Å². The van der Waals surface area contributed by atoms with Crippen LogP contribution < -0.4 is 4.90 Å². The number of oxime groups is 1. The number of nitrogens with zero attached hydrogens (tertiary/aromatic N) is 2. The zero-order valence-electron chi connectivity index (χ0n) is 13.1. The van der Waals surface area contributed by atoms with Crippen molar-refractivity contribution in [1.82, 2.24) is 0 Å². The zero-order valence-corrected chi connectivity index (χ0v) is 13.8. The first kappa shape index (κ1) is 15.8. The predicted molar refractivity (Wildman–Crippen MR) is 92.5 cm³/mol. The van der Waals surface area contributed by atoms with Gasteiger partial charge in [0.1, 0.15) is 5.60 Å². The molecule has 0 amide bonds. The summed E-state index contributed by atoms with van der Waals surface area (Å²) in [6.07, 6.45) is 0. The van der Waals surface area contributed by atoms with Crippen LogP contribution in [0.2, 0.25) is 5.02 Å². The molecule has 2 N–H and O–H groups in total. The van der Waals surface area contributed by atoms with E-state index in [1.165, 1.54) is 0 Å². The van der Waals surface area contributed by atoms with Crippen molar-refractivity contribution in [3.05, 3.63) is 64.7 Å². The number of aliphatic hydroxyl groups is 1. The van der Waals surface area contributed by atoms with Crippen molar-refractivity contribution in [2.75, 3.05) is 18.5 Å². The molecule has 2 aromatic carbocycles. The Balaban J connectivity index is 2.30. The average molecular weight is 331 g/mol. The molecule has 3 rings (SSSR count). The fraction of sp³-hybridized carbons (Fsp3) is 0.278.